The van der Waals surface area contributed by atoms with Crippen LogP contribution in [-0.4, -0.2) is 17.5 Å². The van der Waals surface area contributed by atoms with Gasteiger partial charge in [-0.15, -0.1) is 0 Å². The van der Waals surface area contributed by atoms with Crippen LogP contribution in [0.4, 0.5) is 0 Å². The molecule has 0 fully saturated rings. The minimum Gasteiger partial charge on any atom is -0.456 e. The molecule has 0 radical (unpaired) electrons. The first kappa shape index (κ1) is 12.7. The van der Waals surface area contributed by atoms with E-state index in [0.717, 1.165) is 0 Å². The number of carbonyl (C=O) groups excluding carboxylic acids is 2. The molecule has 0 amide bonds. The Balaban J connectivity index is 2.76. The summed E-state index contributed by atoms with van der Waals surface area (Å²) in [7, 11) is 0. The molecule has 0 bridgehead atoms. The second-order valence-corrected chi connectivity index (χ2v) is 5.38. The molecule has 0 saturated heterocycles. The SMILES string of the molecule is CC1(C)OC(=O)C=C(CC(=O)C(C)(C)C)O1. The summed E-state index contributed by atoms with van der Waals surface area (Å²) in [4.78, 5) is 23.0. The molecule has 1 aliphatic rings. The summed E-state index contributed by atoms with van der Waals surface area (Å²) >= 11 is 0. The van der Waals surface area contributed by atoms with Gasteiger partial charge in [0.1, 0.15) is 11.5 Å². The van der Waals surface area contributed by atoms with E-state index in [0.29, 0.717) is 5.76 Å². The second-order valence-electron chi connectivity index (χ2n) is 5.38. The molecule has 1 heterocycles. The highest BCUT2D eigenvalue weighted by atomic mass is 16.7. The predicted octanol–water partition coefficient (Wildman–Crippen LogP) is 2.19. The number of carbonyl (C=O) groups is 2. The van der Waals surface area contributed by atoms with Crippen molar-refractivity contribution in [3.8, 4) is 0 Å². The van der Waals surface area contributed by atoms with E-state index in [-0.39, 0.29) is 12.2 Å². The number of Topliss-reactive ketones (excluding diaryl/α,β-unsaturated/α-hetero) is 1. The Kier molecular flexibility index (Phi) is 3.13. The molecule has 1 rings (SSSR count). The average Bonchev–Trinajstić information content (AvgIpc) is 1.97. The van der Waals surface area contributed by atoms with Gasteiger partial charge in [0.25, 0.3) is 0 Å². The van der Waals surface area contributed by atoms with Gasteiger partial charge < -0.3 is 9.47 Å². The van der Waals surface area contributed by atoms with Gasteiger partial charge in [0.05, 0.1) is 12.5 Å². The lowest BCUT2D eigenvalue weighted by Gasteiger charge is -2.31. The maximum Gasteiger partial charge on any atom is 0.337 e. The van der Waals surface area contributed by atoms with E-state index in [1.165, 1.54) is 6.08 Å². The third-order valence-electron chi connectivity index (χ3n) is 2.17. The summed E-state index contributed by atoms with van der Waals surface area (Å²) in [5, 5.41) is 0. The fraction of sp³-hybridized carbons (Fsp3) is 0.667. The number of hydrogen-bond acceptors (Lipinski definition) is 4. The Morgan fingerprint density at radius 2 is 1.88 bits per heavy atom. The lowest BCUT2D eigenvalue weighted by atomic mass is 9.88. The van der Waals surface area contributed by atoms with Gasteiger partial charge >= 0.3 is 5.97 Å². The van der Waals surface area contributed by atoms with Crippen LogP contribution in [0.3, 0.4) is 0 Å². The van der Waals surface area contributed by atoms with Crippen molar-refractivity contribution in [2.24, 2.45) is 5.41 Å². The van der Waals surface area contributed by atoms with Crippen molar-refractivity contribution in [3.05, 3.63) is 11.8 Å². The van der Waals surface area contributed by atoms with Gasteiger partial charge in [0.15, 0.2) is 0 Å². The Labute approximate surface area is 95.6 Å². The molecule has 90 valence electrons. The van der Waals surface area contributed by atoms with Crippen LogP contribution in [0.25, 0.3) is 0 Å². The maximum atomic E-state index is 11.8. The largest absolute Gasteiger partial charge is 0.456 e. The van der Waals surface area contributed by atoms with Gasteiger partial charge in [-0.2, -0.15) is 0 Å². The number of hydrogen-bond donors (Lipinski definition) is 0. The molecule has 0 atom stereocenters. The van der Waals surface area contributed by atoms with Crippen molar-refractivity contribution in [1.82, 2.24) is 0 Å². The molecule has 0 N–H and O–H groups in total. The number of allylic oxidation sites excluding steroid dienone is 1. The van der Waals surface area contributed by atoms with Crippen molar-refractivity contribution < 1.29 is 19.1 Å². The molecule has 0 unspecified atom stereocenters. The Morgan fingerprint density at radius 3 is 2.31 bits per heavy atom. The van der Waals surface area contributed by atoms with Crippen LogP contribution in [0.1, 0.15) is 41.0 Å². The summed E-state index contributed by atoms with van der Waals surface area (Å²) in [5.41, 5.74) is -0.435. The number of ketones is 1. The first-order valence-corrected chi connectivity index (χ1v) is 5.26. The quantitative estimate of drug-likeness (QED) is 0.677. The first-order valence-electron chi connectivity index (χ1n) is 5.26. The normalized spacial score (nSPS) is 19.6. The summed E-state index contributed by atoms with van der Waals surface area (Å²) in [6.07, 6.45) is 1.36. The number of rotatable bonds is 2. The Bertz CT molecular complexity index is 345. The van der Waals surface area contributed by atoms with Crippen LogP contribution in [0, 0.1) is 5.41 Å². The molecular weight excluding hydrogens is 208 g/mol. The molecule has 1 aliphatic heterocycles. The fourth-order valence-electron chi connectivity index (χ4n) is 1.28. The lowest BCUT2D eigenvalue weighted by Crippen LogP contribution is -2.35. The van der Waals surface area contributed by atoms with E-state index in [1.807, 2.05) is 20.8 Å². The molecule has 16 heavy (non-hydrogen) atoms. The zero-order valence-corrected chi connectivity index (χ0v) is 10.4. The van der Waals surface area contributed by atoms with Crippen LogP contribution in [0.5, 0.6) is 0 Å². The predicted molar refractivity (Wildman–Crippen MR) is 58.4 cm³/mol. The third kappa shape index (κ3) is 3.36. The van der Waals surface area contributed by atoms with Gasteiger partial charge in [-0.1, -0.05) is 20.8 Å². The van der Waals surface area contributed by atoms with E-state index in [2.05, 4.69) is 0 Å². The van der Waals surface area contributed by atoms with Crippen LogP contribution in [0.15, 0.2) is 11.8 Å². The van der Waals surface area contributed by atoms with Crippen LogP contribution in [-0.2, 0) is 19.1 Å². The van der Waals surface area contributed by atoms with Crippen LogP contribution < -0.4 is 0 Å². The summed E-state index contributed by atoms with van der Waals surface area (Å²) in [6, 6.07) is 0. The van der Waals surface area contributed by atoms with Gasteiger partial charge in [0, 0.05) is 19.3 Å². The zero-order chi connectivity index (χ0) is 12.6. The molecule has 4 heteroatoms. The second kappa shape index (κ2) is 3.92. The molecule has 4 nitrogen and oxygen atoms in total. The van der Waals surface area contributed by atoms with Crippen molar-refractivity contribution in [2.45, 2.75) is 46.8 Å². The minimum absolute atomic E-state index is 0.0317. The lowest BCUT2D eigenvalue weighted by molar-refractivity contribution is -0.205. The summed E-state index contributed by atoms with van der Waals surface area (Å²) < 4.78 is 10.3. The van der Waals surface area contributed by atoms with E-state index in [9.17, 15) is 9.59 Å². The van der Waals surface area contributed by atoms with E-state index in [4.69, 9.17) is 9.47 Å². The monoisotopic (exact) mass is 226 g/mol. The average molecular weight is 226 g/mol. The molecule has 0 aromatic carbocycles. The minimum atomic E-state index is -0.987. The molecular formula is C12H18O4. The highest BCUT2D eigenvalue weighted by Crippen LogP contribution is 2.27. The van der Waals surface area contributed by atoms with Gasteiger partial charge in [-0.05, 0) is 0 Å². The van der Waals surface area contributed by atoms with Crippen molar-refractivity contribution in [2.75, 3.05) is 0 Å². The van der Waals surface area contributed by atoms with Crippen molar-refractivity contribution in [1.29, 1.82) is 0 Å². The van der Waals surface area contributed by atoms with Gasteiger partial charge in [-0.3, -0.25) is 4.79 Å². The van der Waals surface area contributed by atoms with Crippen LogP contribution >= 0.6 is 0 Å². The number of esters is 1. The first-order chi connectivity index (χ1) is 7.10. The topological polar surface area (TPSA) is 52.6 Å². The molecule has 0 aliphatic carbocycles. The summed E-state index contributed by atoms with van der Waals surface area (Å²) in [5.74, 6) is -1.04. The standard InChI is InChI=1S/C12H18O4/c1-11(2,3)9(13)6-8-7-10(14)16-12(4,5)15-8/h7H,6H2,1-5H3. The van der Waals surface area contributed by atoms with Gasteiger partial charge in [-0.25, -0.2) is 4.79 Å². The molecule has 0 spiro atoms. The molecule has 0 aromatic rings. The van der Waals surface area contributed by atoms with Gasteiger partial charge in [0.2, 0.25) is 5.79 Å². The third-order valence-corrected chi connectivity index (χ3v) is 2.17. The highest BCUT2D eigenvalue weighted by molar-refractivity contribution is 5.88. The van der Waals surface area contributed by atoms with Crippen molar-refractivity contribution >= 4 is 11.8 Å². The number of cyclic esters (lactones) is 1. The number of ether oxygens (including phenoxy) is 2. The van der Waals surface area contributed by atoms with E-state index in [1.54, 1.807) is 13.8 Å². The van der Waals surface area contributed by atoms with E-state index < -0.39 is 17.2 Å². The smallest absolute Gasteiger partial charge is 0.337 e. The van der Waals surface area contributed by atoms with Crippen LogP contribution in [0.2, 0.25) is 0 Å². The molecule has 0 aromatic heterocycles. The summed E-state index contributed by atoms with van der Waals surface area (Å²) in [6.45, 7) is 8.78. The van der Waals surface area contributed by atoms with Crippen molar-refractivity contribution in [3.63, 3.8) is 0 Å². The molecule has 0 saturated carbocycles. The fourth-order valence-corrected chi connectivity index (χ4v) is 1.28. The zero-order valence-electron chi connectivity index (χ0n) is 10.4. The van der Waals surface area contributed by atoms with E-state index >= 15 is 0 Å². The Hall–Kier alpha value is -1.32. The highest BCUT2D eigenvalue weighted by Gasteiger charge is 2.32. The maximum absolute atomic E-state index is 11.8. The Morgan fingerprint density at radius 1 is 1.31 bits per heavy atom.